The standard InChI is InChI=1S/C20H26N2OS2/c1-4-15(3)25-17-9-10-19(14(2)12-17)21-20(23)22(16-7-8-16)13-18-6-5-11-24-18/h5-6,9-12,15-16H,4,7-8,13H2,1-3H3,(H,21,23). The number of amides is 2. The molecule has 1 aromatic heterocycles. The van der Waals surface area contributed by atoms with Crippen LogP contribution >= 0.6 is 23.1 Å². The summed E-state index contributed by atoms with van der Waals surface area (Å²) in [7, 11) is 0. The normalized spacial score (nSPS) is 15.0. The zero-order chi connectivity index (χ0) is 17.8. The van der Waals surface area contributed by atoms with Crippen LogP contribution in [0.3, 0.4) is 0 Å². The Bertz CT molecular complexity index is 710. The lowest BCUT2D eigenvalue weighted by Crippen LogP contribution is -2.36. The molecule has 1 heterocycles. The number of nitrogens with one attached hydrogen (secondary N) is 1. The number of benzene rings is 1. The largest absolute Gasteiger partial charge is 0.322 e. The summed E-state index contributed by atoms with van der Waals surface area (Å²) in [6.45, 7) is 7.22. The molecule has 3 nitrogen and oxygen atoms in total. The highest BCUT2D eigenvalue weighted by Crippen LogP contribution is 2.31. The van der Waals surface area contributed by atoms with Gasteiger partial charge in [0.1, 0.15) is 0 Å². The number of thioether (sulfide) groups is 1. The predicted molar refractivity (Wildman–Crippen MR) is 109 cm³/mol. The summed E-state index contributed by atoms with van der Waals surface area (Å²) >= 11 is 3.60. The Morgan fingerprint density at radius 3 is 2.80 bits per heavy atom. The molecule has 1 fully saturated rings. The van der Waals surface area contributed by atoms with E-state index >= 15 is 0 Å². The minimum absolute atomic E-state index is 0.0151. The molecular weight excluding hydrogens is 348 g/mol. The van der Waals surface area contributed by atoms with E-state index in [1.165, 1.54) is 9.77 Å². The molecule has 3 rings (SSSR count). The molecule has 0 saturated heterocycles. The molecule has 1 saturated carbocycles. The highest BCUT2D eigenvalue weighted by Gasteiger charge is 2.33. The van der Waals surface area contributed by atoms with Crippen LogP contribution < -0.4 is 5.32 Å². The number of anilines is 1. The van der Waals surface area contributed by atoms with E-state index in [0.29, 0.717) is 17.8 Å². The lowest BCUT2D eigenvalue weighted by molar-refractivity contribution is 0.206. The quantitative estimate of drug-likeness (QED) is 0.590. The van der Waals surface area contributed by atoms with Crippen LogP contribution in [0.15, 0.2) is 40.6 Å². The highest BCUT2D eigenvalue weighted by molar-refractivity contribution is 7.99. The van der Waals surface area contributed by atoms with E-state index in [-0.39, 0.29) is 6.03 Å². The SMILES string of the molecule is CCC(C)Sc1ccc(NC(=O)N(Cc2cccs2)C2CC2)c(C)c1. The Labute approximate surface area is 158 Å². The summed E-state index contributed by atoms with van der Waals surface area (Å²) in [4.78, 5) is 17.3. The first-order valence-corrected chi connectivity index (χ1v) is 10.7. The maximum absolute atomic E-state index is 12.8. The number of carbonyl (C=O) groups excluding carboxylic acids is 1. The lowest BCUT2D eigenvalue weighted by atomic mass is 10.2. The summed E-state index contributed by atoms with van der Waals surface area (Å²) in [5.74, 6) is 0. The summed E-state index contributed by atoms with van der Waals surface area (Å²) in [6, 6.07) is 10.9. The Hall–Kier alpha value is -1.46. The van der Waals surface area contributed by atoms with Crippen molar-refractivity contribution >= 4 is 34.8 Å². The van der Waals surface area contributed by atoms with E-state index < -0.39 is 0 Å². The molecule has 1 aliphatic rings. The Morgan fingerprint density at radius 1 is 1.40 bits per heavy atom. The molecule has 25 heavy (non-hydrogen) atoms. The van der Waals surface area contributed by atoms with Crippen molar-refractivity contribution in [2.24, 2.45) is 0 Å². The Morgan fingerprint density at radius 2 is 2.20 bits per heavy atom. The Kier molecular flexibility index (Phi) is 6.07. The number of hydrogen-bond donors (Lipinski definition) is 1. The maximum atomic E-state index is 12.8. The minimum atomic E-state index is 0.0151. The van der Waals surface area contributed by atoms with Gasteiger partial charge >= 0.3 is 6.03 Å². The molecule has 134 valence electrons. The number of urea groups is 1. The van der Waals surface area contributed by atoms with Crippen molar-refractivity contribution in [3.8, 4) is 0 Å². The van der Waals surface area contributed by atoms with Crippen LogP contribution in [0.5, 0.6) is 0 Å². The van der Waals surface area contributed by atoms with Crippen molar-refractivity contribution in [2.75, 3.05) is 5.32 Å². The van der Waals surface area contributed by atoms with E-state index in [1.807, 2.05) is 28.8 Å². The third kappa shape index (κ3) is 5.02. The maximum Gasteiger partial charge on any atom is 0.322 e. The fraction of sp³-hybridized carbons (Fsp3) is 0.450. The minimum Gasteiger partial charge on any atom is -0.316 e. The second-order valence-corrected chi connectivity index (χ2v) is 9.23. The molecule has 5 heteroatoms. The van der Waals surface area contributed by atoms with Crippen molar-refractivity contribution in [1.29, 1.82) is 0 Å². The molecule has 0 spiro atoms. The fourth-order valence-electron chi connectivity index (χ4n) is 2.68. The van der Waals surface area contributed by atoms with E-state index in [2.05, 4.69) is 49.7 Å². The van der Waals surface area contributed by atoms with Gasteiger partial charge in [0.15, 0.2) is 0 Å². The number of carbonyl (C=O) groups is 1. The summed E-state index contributed by atoms with van der Waals surface area (Å²) in [5, 5.41) is 5.79. The molecular formula is C20H26N2OS2. The first-order chi connectivity index (χ1) is 12.1. The van der Waals surface area contributed by atoms with Gasteiger partial charge < -0.3 is 10.2 Å². The predicted octanol–water partition coefficient (Wildman–Crippen LogP) is 6.14. The number of nitrogens with zero attached hydrogens (tertiary/aromatic N) is 1. The van der Waals surface area contributed by atoms with Crippen LogP contribution in [-0.2, 0) is 6.54 Å². The molecule has 1 aliphatic carbocycles. The Balaban J connectivity index is 1.66. The van der Waals surface area contributed by atoms with Gasteiger partial charge in [-0.25, -0.2) is 4.79 Å². The topological polar surface area (TPSA) is 32.3 Å². The third-order valence-electron chi connectivity index (χ3n) is 4.51. The van der Waals surface area contributed by atoms with Crippen LogP contribution in [0.1, 0.15) is 43.6 Å². The summed E-state index contributed by atoms with van der Waals surface area (Å²) in [6.07, 6.45) is 3.38. The first-order valence-electron chi connectivity index (χ1n) is 8.94. The van der Waals surface area contributed by atoms with Crippen LogP contribution in [0.25, 0.3) is 0 Å². The van der Waals surface area contributed by atoms with Gasteiger partial charge in [0.25, 0.3) is 0 Å². The van der Waals surface area contributed by atoms with Crippen molar-refractivity contribution in [1.82, 2.24) is 4.90 Å². The van der Waals surface area contributed by atoms with Crippen LogP contribution in [0.2, 0.25) is 0 Å². The zero-order valence-electron chi connectivity index (χ0n) is 15.1. The summed E-state index contributed by atoms with van der Waals surface area (Å²) in [5.41, 5.74) is 2.03. The number of thiophene rings is 1. The summed E-state index contributed by atoms with van der Waals surface area (Å²) < 4.78 is 0. The molecule has 0 bridgehead atoms. The molecule has 0 aliphatic heterocycles. The smallest absolute Gasteiger partial charge is 0.316 e. The fourth-order valence-corrected chi connectivity index (χ4v) is 4.40. The molecule has 1 atom stereocenters. The van der Waals surface area contributed by atoms with Crippen LogP contribution in [0.4, 0.5) is 10.5 Å². The third-order valence-corrected chi connectivity index (χ3v) is 6.63. The zero-order valence-corrected chi connectivity index (χ0v) is 16.8. The van der Waals surface area contributed by atoms with Crippen LogP contribution in [-0.4, -0.2) is 22.2 Å². The van der Waals surface area contributed by atoms with Crippen molar-refractivity contribution in [2.45, 2.75) is 62.8 Å². The highest BCUT2D eigenvalue weighted by atomic mass is 32.2. The molecule has 1 unspecified atom stereocenters. The van der Waals surface area contributed by atoms with Gasteiger partial charge in [-0.15, -0.1) is 23.1 Å². The van der Waals surface area contributed by atoms with E-state index in [9.17, 15) is 4.79 Å². The molecule has 2 amide bonds. The number of hydrogen-bond acceptors (Lipinski definition) is 3. The number of aryl methyl sites for hydroxylation is 1. The average Bonchev–Trinajstić information content (AvgIpc) is 3.30. The van der Waals surface area contributed by atoms with E-state index in [1.54, 1.807) is 11.3 Å². The molecule has 1 aromatic carbocycles. The van der Waals surface area contributed by atoms with Crippen molar-refractivity contribution < 1.29 is 4.79 Å². The lowest BCUT2D eigenvalue weighted by Gasteiger charge is -2.23. The van der Waals surface area contributed by atoms with Crippen molar-refractivity contribution in [3.05, 3.63) is 46.2 Å². The monoisotopic (exact) mass is 374 g/mol. The van der Waals surface area contributed by atoms with E-state index in [0.717, 1.165) is 30.5 Å². The van der Waals surface area contributed by atoms with Gasteiger partial charge in [0.2, 0.25) is 0 Å². The van der Waals surface area contributed by atoms with E-state index in [4.69, 9.17) is 0 Å². The molecule has 2 aromatic rings. The van der Waals surface area contributed by atoms with Crippen LogP contribution in [0, 0.1) is 6.92 Å². The van der Waals surface area contributed by atoms with Gasteiger partial charge in [-0.2, -0.15) is 0 Å². The second-order valence-electron chi connectivity index (χ2n) is 6.68. The van der Waals surface area contributed by atoms with Gasteiger partial charge in [0, 0.05) is 26.8 Å². The first kappa shape index (κ1) is 18.3. The van der Waals surface area contributed by atoms with Gasteiger partial charge in [-0.05, 0) is 61.4 Å². The molecule has 1 N–H and O–H groups in total. The van der Waals surface area contributed by atoms with Gasteiger partial charge in [0.05, 0.1) is 6.54 Å². The average molecular weight is 375 g/mol. The van der Waals surface area contributed by atoms with Gasteiger partial charge in [-0.3, -0.25) is 0 Å². The second kappa shape index (κ2) is 8.28. The van der Waals surface area contributed by atoms with Crippen molar-refractivity contribution in [3.63, 3.8) is 0 Å². The number of rotatable bonds is 7. The molecule has 0 radical (unpaired) electrons. The van der Waals surface area contributed by atoms with Gasteiger partial charge in [-0.1, -0.05) is 19.9 Å².